The number of allylic oxidation sites excluding steroid dienone is 4. The molecule has 2 heteroatoms. The minimum Gasteiger partial charge on any atom is -0.294 e. The number of fused-ring (bicyclic) bond motifs is 1. The lowest BCUT2D eigenvalue weighted by Gasteiger charge is -2.11. The topological polar surface area (TPSA) is 29.4 Å². The quantitative estimate of drug-likeness (QED) is 0.524. The van der Waals surface area contributed by atoms with E-state index in [9.17, 15) is 4.79 Å². The first-order valence-corrected chi connectivity index (χ1v) is 7.34. The molecule has 0 radical (unpaired) electrons. The van der Waals surface area contributed by atoms with E-state index in [0.717, 1.165) is 23.4 Å². The molecule has 0 saturated heterocycles. The summed E-state index contributed by atoms with van der Waals surface area (Å²) in [7, 11) is 0. The number of rotatable bonds is 6. The number of carbonyl (C=O) groups excluding carboxylic acids is 1. The Labute approximate surface area is 120 Å². The zero-order valence-electron chi connectivity index (χ0n) is 12.0. The van der Waals surface area contributed by atoms with E-state index in [2.05, 4.69) is 18.0 Å². The van der Waals surface area contributed by atoms with Crippen LogP contribution in [0.3, 0.4) is 0 Å². The highest BCUT2D eigenvalue weighted by Gasteiger charge is 2.17. The SMILES string of the molecule is CCCCCC=CC=CC1=Nc2ccccc2C(=O)C1. The molecule has 1 aliphatic rings. The molecule has 1 heterocycles. The number of Topliss-reactive ketones (excluding diaryl/α,β-unsaturated/α-hetero) is 1. The van der Waals surface area contributed by atoms with Crippen molar-refractivity contribution in [1.82, 2.24) is 0 Å². The maximum absolute atomic E-state index is 12.0. The number of hydrogen-bond donors (Lipinski definition) is 0. The third-order valence-corrected chi connectivity index (χ3v) is 3.32. The number of hydrogen-bond acceptors (Lipinski definition) is 2. The fraction of sp³-hybridized carbons (Fsp3) is 0.333. The molecule has 0 fully saturated rings. The second-order valence-electron chi connectivity index (χ2n) is 5.00. The van der Waals surface area contributed by atoms with Crippen LogP contribution in [0.4, 0.5) is 5.69 Å². The third-order valence-electron chi connectivity index (χ3n) is 3.32. The van der Waals surface area contributed by atoms with Crippen molar-refractivity contribution in [1.29, 1.82) is 0 Å². The van der Waals surface area contributed by atoms with Crippen LogP contribution in [0, 0.1) is 0 Å². The van der Waals surface area contributed by atoms with Crippen LogP contribution in [-0.4, -0.2) is 11.5 Å². The van der Waals surface area contributed by atoms with Crippen LogP contribution < -0.4 is 0 Å². The summed E-state index contributed by atoms with van der Waals surface area (Å²) in [6.45, 7) is 2.21. The number of para-hydroxylation sites is 1. The van der Waals surface area contributed by atoms with Gasteiger partial charge in [-0.2, -0.15) is 0 Å². The average Bonchev–Trinajstić information content (AvgIpc) is 2.46. The Kier molecular flexibility index (Phi) is 5.48. The summed E-state index contributed by atoms with van der Waals surface area (Å²) in [5.74, 6) is 0.155. The summed E-state index contributed by atoms with van der Waals surface area (Å²) < 4.78 is 0. The van der Waals surface area contributed by atoms with Gasteiger partial charge in [-0.25, -0.2) is 0 Å². The number of carbonyl (C=O) groups is 1. The van der Waals surface area contributed by atoms with Crippen molar-refractivity contribution in [3.8, 4) is 0 Å². The summed E-state index contributed by atoms with van der Waals surface area (Å²) in [5.41, 5.74) is 2.36. The van der Waals surface area contributed by atoms with Crippen molar-refractivity contribution in [2.24, 2.45) is 4.99 Å². The lowest BCUT2D eigenvalue weighted by Crippen LogP contribution is -2.11. The van der Waals surface area contributed by atoms with Crippen LogP contribution in [0.1, 0.15) is 49.4 Å². The Hall–Kier alpha value is -1.96. The molecule has 0 saturated carbocycles. The zero-order valence-corrected chi connectivity index (χ0v) is 12.0. The van der Waals surface area contributed by atoms with Gasteiger partial charge in [-0.1, -0.05) is 50.1 Å². The maximum atomic E-state index is 12.0. The molecule has 0 bridgehead atoms. The molecular weight excluding hydrogens is 246 g/mol. The Morgan fingerprint density at radius 2 is 2.05 bits per heavy atom. The molecule has 2 rings (SSSR count). The van der Waals surface area contributed by atoms with Crippen molar-refractivity contribution in [2.45, 2.75) is 39.0 Å². The standard InChI is InChI=1S/C18H21NO/c1-2-3-4-5-6-7-8-11-15-14-18(20)16-12-9-10-13-17(16)19-15/h6-13H,2-5,14H2,1H3. The van der Waals surface area contributed by atoms with Crippen LogP contribution >= 0.6 is 0 Å². The van der Waals surface area contributed by atoms with E-state index in [4.69, 9.17) is 0 Å². The van der Waals surface area contributed by atoms with Crippen molar-refractivity contribution in [2.75, 3.05) is 0 Å². The molecule has 1 aliphatic heterocycles. The summed E-state index contributed by atoms with van der Waals surface area (Å²) in [4.78, 5) is 16.5. The van der Waals surface area contributed by atoms with Crippen LogP contribution in [0.25, 0.3) is 0 Å². The molecule has 2 nitrogen and oxygen atoms in total. The first-order chi connectivity index (χ1) is 9.81. The van der Waals surface area contributed by atoms with E-state index in [0.29, 0.717) is 6.42 Å². The summed E-state index contributed by atoms with van der Waals surface area (Å²) in [5, 5.41) is 0. The van der Waals surface area contributed by atoms with Crippen molar-refractivity contribution in [3.05, 3.63) is 54.1 Å². The lowest BCUT2D eigenvalue weighted by atomic mass is 10.00. The van der Waals surface area contributed by atoms with E-state index in [1.54, 1.807) is 0 Å². The number of ketones is 1. The van der Waals surface area contributed by atoms with Crippen LogP contribution in [0.5, 0.6) is 0 Å². The summed E-state index contributed by atoms with van der Waals surface area (Å²) in [6, 6.07) is 7.53. The molecule has 0 spiro atoms. The smallest absolute Gasteiger partial charge is 0.170 e. The third kappa shape index (κ3) is 4.02. The molecule has 0 aromatic heterocycles. The van der Waals surface area contributed by atoms with Crippen LogP contribution in [0.2, 0.25) is 0 Å². The van der Waals surface area contributed by atoms with Crippen LogP contribution in [0.15, 0.2) is 53.6 Å². The monoisotopic (exact) mass is 267 g/mol. The molecular formula is C18H21NO. The molecule has 0 aliphatic carbocycles. The number of aliphatic imine (C=N–C) groups is 1. The average molecular weight is 267 g/mol. The minimum absolute atomic E-state index is 0.155. The summed E-state index contributed by atoms with van der Waals surface area (Å²) in [6.07, 6.45) is 13.4. The fourth-order valence-corrected chi connectivity index (χ4v) is 2.21. The molecule has 1 aromatic rings. The van der Waals surface area contributed by atoms with Gasteiger partial charge in [0.05, 0.1) is 12.1 Å². The molecule has 20 heavy (non-hydrogen) atoms. The Morgan fingerprint density at radius 1 is 1.20 bits per heavy atom. The van der Waals surface area contributed by atoms with E-state index in [-0.39, 0.29) is 5.78 Å². The van der Waals surface area contributed by atoms with Gasteiger partial charge in [0.1, 0.15) is 0 Å². The Bertz CT molecular complexity index is 552. The highest BCUT2D eigenvalue weighted by molar-refractivity contribution is 6.18. The Balaban J connectivity index is 1.94. The maximum Gasteiger partial charge on any atom is 0.170 e. The van der Waals surface area contributed by atoms with Gasteiger partial charge in [-0.15, -0.1) is 0 Å². The first-order valence-electron chi connectivity index (χ1n) is 7.34. The lowest BCUT2D eigenvalue weighted by molar-refractivity contribution is 0.1000. The highest BCUT2D eigenvalue weighted by atomic mass is 16.1. The number of unbranched alkanes of at least 4 members (excludes halogenated alkanes) is 3. The van der Waals surface area contributed by atoms with Gasteiger partial charge in [-0.05, 0) is 31.1 Å². The van der Waals surface area contributed by atoms with Crippen LogP contribution in [-0.2, 0) is 0 Å². The molecule has 0 atom stereocenters. The van der Waals surface area contributed by atoms with Gasteiger partial charge in [-0.3, -0.25) is 9.79 Å². The number of nitrogens with zero attached hydrogens (tertiary/aromatic N) is 1. The van der Waals surface area contributed by atoms with Gasteiger partial charge in [0.2, 0.25) is 0 Å². The Morgan fingerprint density at radius 3 is 2.90 bits per heavy atom. The van der Waals surface area contributed by atoms with Gasteiger partial charge in [0.15, 0.2) is 5.78 Å². The molecule has 0 unspecified atom stereocenters. The fourth-order valence-electron chi connectivity index (χ4n) is 2.21. The normalized spacial score (nSPS) is 14.8. The molecule has 0 N–H and O–H groups in total. The molecule has 0 amide bonds. The first kappa shape index (κ1) is 14.4. The number of benzene rings is 1. The van der Waals surface area contributed by atoms with E-state index >= 15 is 0 Å². The largest absolute Gasteiger partial charge is 0.294 e. The van der Waals surface area contributed by atoms with Gasteiger partial charge in [0, 0.05) is 11.3 Å². The van der Waals surface area contributed by atoms with Gasteiger partial charge < -0.3 is 0 Å². The minimum atomic E-state index is 0.155. The molecule has 1 aromatic carbocycles. The van der Waals surface area contributed by atoms with Crippen molar-refractivity contribution < 1.29 is 4.79 Å². The second kappa shape index (κ2) is 7.59. The highest BCUT2D eigenvalue weighted by Crippen LogP contribution is 2.25. The second-order valence-corrected chi connectivity index (χ2v) is 5.00. The van der Waals surface area contributed by atoms with Gasteiger partial charge in [0.25, 0.3) is 0 Å². The predicted molar refractivity (Wildman–Crippen MR) is 84.9 cm³/mol. The summed E-state index contributed by atoms with van der Waals surface area (Å²) >= 11 is 0. The van der Waals surface area contributed by atoms with E-state index < -0.39 is 0 Å². The van der Waals surface area contributed by atoms with Crippen molar-refractivity contribution >= 4 is 17.2 Å². The zero-order chi connectivity index (χ0) is 14.2. The van der Waals surface area contributed by atoms with Crippen molar-refractivity contribution in [3.63, 3.8) is 0 Å². The molecule has 104 valence electrons. The predicted octanol–water partition coefficient (Wildman–Crippen LogP) is 5.04. The van der Waals surface area contributed by atoms with E-state index in [1.165, 1.54) is 19.3 Å². The van der Waals surface area contributed by atoms with Gasteiger partial charge >= 0.3 is 0 Å². The van der Waals surface area contributed by atoms with E-state index in [1.807, 2.05) is 42.5 Å².